The van der Waals surface area contributed by atoms with Crippen LogP contribution in [0.1, 0.15) is 61.2 Å². The van der Waals surface area contributed by atoms with Gasteiger partial charge in [-0.2, -0.15) is 0 Å². The van der Waals surface area contributed by atoms with Crippen molar-refractivity contribution < 1.29 is 0 Å². The fraction of sp³-hybridized carbons (Fsp3) is 0.143. The number of nitrogens with zero attached hydrogens (tertiary/aromatic N) is 3. The summed E-state index contributed by atoms with van der Waals surface area (Å²) in [5.74, 6) is 0. The molecule has 0 saturated carbocycles. The van der Waals surface area contributed by atoms with E-state index in [1.807, 2.05) is 0 Å². The molecule has 0 saturated heterocycles. The van der Waals surface area contributed by atoms with E-state index in [1.54, 1.807) is 0 Å². The summed E-state index contributed by atoms with van der Waals surface area (Å²) in [6.45, 7) is 25.8. The zero-order chi connectivity index (χ0) is 56.1. The monoisotopic (exact) mass is 1050 g/mol. The summed E-state index contributed by atoms with van der Waals surface area (Å²) in [7, 11) is 0. The summed E-state index contributed by atoms with van der Waals surface area (Å²) in [5.41, 5.74) is 39.2. The molecule has 394 valence electrons. The SMILES string of the molecule is Cc1cc2c3c(c1)B(c1c(C)c(C)c(C)c(C)c1C)c1cc(-c4cccc(-n5c6ccccc6c6ccccc65)c4)ccc1N3c1ccc(-c3cccc(-n4c5ccccc5c5ccccc54)c3)cc1B2c1c(C)c(C)c(C)c(C)c1C. The minimum absolute atomic E-state index is 0.0212. The minimum Gasteiger partial charge on any atom is -0.313 e. The predicted molar refractivity (Wildman–Crippen MR) is 355 cm³/mol. The maximum Gasteiger partial charge on any atom is 0.247 e. The van der Waals surface area contributed by atoms with E-state index in [1.165, 1.54) is 177 Å². The average molecular weight is 1050 g/mol. The number of aryl methyl sites for hydroxylation is 1. The molecule has 0 spiro atoms. The molecule has 4 heterocycles. The predicted octanol–water partition coefficient (Wildman–Crippen LogP) is 15.7. The quantitative estimate of drug-likeness (QED) is 0.151. The molecule has 0 N–H and O–H groups in total. The number of fused-ring (bicyclic) bond motifs is 10. The van der Waals surface area contributed by atoms with Crippen LogP contribution in [0, 0.1) is 76.2 Å². The Kier molecular flexibility index (Phi) is 11.3. The maximum absolute atomic E-state index is 2.68. The standard InChI is InChI=1S/C77H65B2N3/c1-44-38-67-77-68(39-44)79(76-53(10)49(6)46(3)50(7)54(76)11)66-43-58(56-23-21-25-60(41-56)81-71-32-18-14-28-63(71)64-29-15-19-33-72(64)81)35-37-74(66)82(77)73-36-34-57(42-65(73)78(67)75-51(8)47(4)45(2)48(5)52(75)9)55-22-20-24-59(40-55)80-69-30-16-12-26-61(69)62-27-13-17-31-70(62)80/h12-43H,1-11H3. The topological polar surface area (TPSA) is 13.1 Å². The lowest BCUT2D eigenvalue weighted by atomic mass is 9.29. The largest absolute Gasteiger partial charge is 0.313 e. The van der Waals surface area contributed by atoms with Crippen LogP contribution in [0.25, 0.3) is 77.2 Å². The highest BCUT2D eigenvalue weighted by atomic mass is 15.2. The number of hydrogen-bond donors (Lipinski definition) is 0. The maximum atomic E-state index is 2.68. The van der Waals surface area contributed by atoms with Gasteiger partial charge in [-0.05, 0) is 214 Å². The van der Waals surface area contributed by atoms with Gasteiger partial charge >= 0.3 is 0 Å². The normalized spacial score (nSPS) is 12.7. The molecule has 2 aliphatic heterocycles. The van der Waals surface area contributed by atoms with Gasteiger partial charge in [0, 0.05) is 50.0 Å². The second kappa shape index (κ2) is 18.5. The molecule has 0 bridgehead atoms. The molecule has 0 unspecified atom stereocenters. The highest BCUT2D eigenvalue weighted by molar-refractivity contribution is 7.02. The number of anilines is 3. The second-order valence-corrected chi connectivity index (χ2v) is 24.0. The number of benzene rings is 11. The Hall–Kier alpha value is -9.05. The number of hydrogen-bond acceptors (Lipinski definition) is 1. The second-order valence-electron chi connectivity index (χ2n) is 24.0. The lowest BCUT2D eigenvalue weighted by Crippen LogP contribution is -2.66. The van der Waals surface area contributed by atoms with E-state index in [2.05, 4.69) is 284 Å². The van der Waals surface area contributed by atoms with E-state index in [0.29, 0.717) is 0 Å². The lowest BCUT2D eigenvalue weighted by Gasteiger charge is -2.45. The summed E-state index contributed by atoms with van der Waals surface area (Å²) >= 11 is 0. The first-order valence-electron chi connectivity index (χ1n) is 29.3. The Labute approximate surface area is 483 Å². The van der Waals surface area contributed by atoms with Gasteiger partial charge in [0.1, 0.15) is 0 Å². The molecule has 2 aromatic heterocycles. The third-order valence-corrected chi connectivity index (χ3v) is 20.0. The zero-order valence-electron chi connectivity index (χ0n) is 49.0. The Bertz CT molecular complexity index is 4440. The van der Waals surface area contributed by atoms with Crippen molar-refractivity contribution in [3.05, 3.63) is 255 Å². The van der Waals surface area contributed by atoms with Gasteiger partial charge in [-0.1, -0.05) is 172 Å². The summed E-state index contributed by atoms with van der Waals surface area (Å²) < 4.78 is 4.88. The first-order chi connectivity index (χ1) is 39.8. The van der Waals surface area contributed by atoms with Crippen LogP contribution in [0.2, 0.25) is 0 Å². The van der Waals surface area contributed by atoms with Crippen LogP contribution in [-0.2, 0) is 0 Å². The third-order valence-electron chi connectivity index (χ3n) is 20.0. The van der Waals surface area contributed by atoms with Crippen LogP contribution in [-0.4, -0.2) is 22.6 Å². The van der Waals surface area contributed by atoms with Crippen LogP contribution in [0.4, 0.5) is 17.1 Å². The van der Waals surface area contributed by atoms with Crippen LogP contribution in [0.5, 0.6) is 0 Å². The molecule has 0 radical (unpaired) electrons. The summed E-state index contributed by atoms with van der Waals surface area (Å²) in [5, 5.41) is 5.07. The molecule has 82 heavy (non-hydrogen) atoms. The summed E-state index contributed by atoms with van der Waals surface area (Å²) in [6, 6.07) is 73.6. The molecule has 2 aliphatic rings. The van der Waals surface area contributed by atoms with Crippen LogP contribution >= 0.6 is 0 Å². The molecule has 0 aliphatic carbocycles. The van der Waals surface area contributed by atoms with E-state index in [-0.39, 0.29) is 13.4 Å². The van der Waals surface area contributed by atoms with Gasteiger partial charge in [0.2, 0.25) is 13.4 Å². The molecule has 13 aromatic rings. The Balaban J connectivity index is 0.986. The molecule has 3 nitrogen and oxygen atoms in total. The number of rotatable bonds is 6. The first kappa shape index (κ1) is 50.0. The van der Waals surface area contributed by atoms with Crippen molar-refractivity contribution in [3.8, 4) is 33.6 Å². The van der Waals surface area contributed by atoms with E-state index >= 15 is 0 Å². The van der Waals surface area contributed by atoms with Crippen molar-refractivity contribution in [2.75, 3.05) is 4.90 Å². The van der Waals surface area contributed by atoms with Crippen LogP contribution in [0.15, 0.2) is 194 Å². The van der Waals surface area contributed by atoms with Crippen molar-refractivity contribution in [2.24, 2.45) is 0 Å². The van der Waals surface area contributed by atoms with Gasteiger partial charge in [0.05, 0.1) is 22.1 Å². The highest BCUT2D eigenvalue weighted by Crippen LogP contribution is 2.42. The van der Waals surface area contributed by atoms with Crippen molar-refractivity contribution in [3.63, 3.8) is 0 Å². The molecular formula is C77H65B2N3. The fourth-order valence-electron chi connectivity index (χ4n) is 15.2. The van der Waals surface area contributed by atoms with E-state index in [4.69, 9.17) is 0 Å². The fourth-order valence-corrected chi connectivity index (χ4v) is 15.2. The first-order valence-corrected chi connectivity index (χ1v) is 29.3. The van der Waals surface area contributed by atoms with Crippen LogP contribution < -0.4 is 37.7 Å². The molecule has 0 fully saturated rings. The van der Waals surface area contributed by atoms with Crippen molar-refractivity contribution in [2.45, 2.75) is 76.2 Å². The van der Waals surface area contributed by atoms with E-state index in [9.17, 15) is 0 Å². The van der Waals surface area contributed by atoms with Crippen LogP contribution in [0.3, 0.4) is 0 Å². The molecule has 5 heteroatoms. The zero-order valence-corrected chi connectivity index (χ0v) is 49.0. The Morgan fingerprint density at radius 1 is 0.268 bits per heavy atom. The molecule has 0 amide bonds. The smallest absolute Gasteiger partial charge is 0.247 e. The van der Waals surface area contributed by atoms with Crippen molar-refractivity contribution >= 4 is 107 Å². The van der Waals surface area contributed by atoms with Gasteiger partial charge in [-0.15, -0.1) is 0 Å². The minimum atomic E-state index is -0.0212. The Morgan fingerprint density at radius 3 is 0.939 bits per heavy atom. The van der Waals surface area contributed by atoms with Gasteiger partial charge in [0.15, 0.2) is 0 Å². The molecule has 15 rings (SSSR count). The Morgan fingerprint density at radius 2 is 0.585 bits per heavy atom. The van der Waals surface area contributed by atoms with E-state index < -0.39 is 0 Å². The van der Waals surface area contributed by atoms with Gasteiger partial charge in [-0.3, -0.25) is 0 Å². The third kappa shape index (κ3) is 7.11. The highest BCUT2D eigenvalue weighted by Gasteiger charge is 2.46. The van der Waals surface area contributed by atoms with Gasteiger partial charge in [-0.25, -0.2) is 0 Å². The van der Waals surface area contributed by atoms with Crippen molar-refractivity contribution in [1.29, 1.82) is 0 Å². The van der Waals surface area contributed by atoms with E-state index in [0.717, 1.165) is 11.4 Å². The number of aromatic nitrogens is 2. The molecular weight excluding hydrogens is 988 g/mol. The summed E-state index contributed by atoms with van der Waals surface area (Å²) in [4.78, 5) is 2.68. The van der Waals surface area contributed by atoms with Gasteiger partial charge < -0.3 is 14.0 Å². The summed E-state index contributed by atoms with van der Waals surface area (Å²) in [6.07, 6.45) is 0. The average Bonchev–Trinajstić information content (AvgIpc) is 1.59. The van der Waals surface area contributed by atoms with Crippen molar-refractivity contribution in [1.82, 2.24) is 9.13 Å². The number of para-hydroxylation sites is 4. The lowest BCUT2D eigenvalue weighted by molar-refractivity contribution is 1.18. The van der Waals surface area contributed by atoms with Gasteiger partial charge in [0.25, 0.3) is 0 Å². The molecule has 0 atom stereocenters. The molecule has 11 aromatic carbocycles.